The Morgan fingerprint density at radius 3 is 2.18 bits per heavy atom. The van der Waals surface area contributed by atoms with Gasteiger partial charge in [-0.1, -0.05) is 47.0 Å². The van der Waals surface area contributed by atoms with E-state index in [0.717, 1.165) is 19.3 Å². The Kier molecular flexibility index (Phi) is 8.28. The highest BCUT2D eigenvalue weighted by Crippen LogP contribution is 2.27. The Morgan fingerprint density at radius 1 is 1.18 bits per heavy atom. The Morgan fingerprint density at radius 2 is 1.76 bits per heavy atom. The van der Waals surface area contributed by atoms with Gasteiger partial charge in [-0.3, -0.25) is 4.79 Å². The van der Waals surface area contributed by atoms with Gasteiger partial charge in [0, 0.05) is 0 Å². The van der Waals surface area contributed by atoms with Gasteiger partial charge in [-0.25, -0.2) is 0 Å². The lowest BCUT2D eigenvalue weighted by Gasteiger charge is -2.25. The summed E-state index contributed by atoms with van der Waals surface area (Å²) in [5.74, 6) is 0.523. The van der Waals surface area contributed by atoms with Gasteiger partial charge < -0.3 is 4.74 Å². The molecule has 0 N–H and O–H groups in total. The average Bonchev–Trinajstić information content (AvgIpc) is 2.37. The summed E-state index contributed by atoms with van der Waals surface area (Å²) in [4.78, 5) is 12.0. The third kappa shape index (κ3) is 5.56. The zero-order valence-electron chi connectivity index (χ0n) is 12.3. The van der Waals surface area contributed by atoms with Crippen LogP contribution in [0.15, 0.2) is 0 Å². The molecule has 102 valence electrons. The van der Waals surface area contributed by atoms with Crippen molar-refractivity contribution < 1.29 is 9.53 Å². The van der Waals surface area contributed by atoms with Gasteiger partial charge in [-0.05, 0) is 32.1 Å². The molecule has 0 saturated heterocycles. The molecule has 0 aromatic carbocycles. The number of ether oxygens (including phenoxy) is 1. The van der Waals surface area contributed by atoms with Gasteiger partial charge in [0.05, 0.1) is 12.0 Å². The topological polar surface area (TPSA) is 26.3 Å². The van der Waals surface area contributed by atoms with Crippen molar-refractivity contribution >= 4 is 5.97 Å². The fourth-order valence-electron chi connectivity index (χ4n) is 1.80. The van der Waals surface area contributed by atoms with Crippen molar-refractivity contribution in [2.75, 3.05) is 6.61 Å². The van der Waals surface area contributed by atoms with E-state index in [0.29, 0.717) is 12.5 Å². The molecule has 0 aliphatic rings. The van der Waals surface area contributed by atoms with Crippen LogP contribution in [-0.2, 0) is 9.53 Å². The maximum absolute atomic E-state index is 12.0. The number of rotatable bonds is 9. The molecule has 2 heteroatoms. The molecule has 0 amide bonds. The third-order valence-electron chi connectivity index (χ3n) is 4.05. The van der Waals surface area contributed by atoms with Gasteiger partial charge in [-0.2, -0.15) is 0 Å². The van der Waals surface area contributed by atoms with E-state index in [-0.39, 0.29) is 11.4 Å². The SMILES string of the molecule is CCCCC(CC)COC(=O)C(C)(CC)CC. The molecule has 0 aliphatic heterocycles. The van der Waals surface area contributed by atoms with Crippen molar-refractivity contribution in [2.45, 2.75) is 73.1 Å². The zero-order valence-corrected chi connectivity index (χ0v) is 12.3. The standard InChI is InChI=1S/C15H30O2/c1-6-10-11-13(7-2)12-17-14(16)15(5,8-3)9-4/h13H,6-12H2,1-5H3. The van der Waals surface area contributed by atoms with Crippen molar-refractivity contribution in [2.24, 2.45) is 11.3 Å². The second-order valence-electron chi connectivity index (χ2n) is 5.28. The van der Waals surface area contributed by atoms with Crippen LogP contribution in [0, 0.1) is 11.3 Å². The summed E-state index contributed by atoms with van der Waals surface area (Å²) < 4.78 is 5.50. The quantitative estimate of drug-likeness (QED) is 0.553. The molecule has 0 radical (unpaired) electrons. The van der Waals surface area contributed by atoms with Gasteiger partial charge in [-0.15, -0.1) is 0 Å². The largest absolute Gasteiger partial charge is 0.465 e. The van der Waals surface area contributed by atoms with Gasteiger partial charge in [0.15, 0.2) is 0 Å². The van der Waals surface area contributed by atoms with Gasteiger partial charge in [0.25, 0.3) is 0 Å². The number of carbonyl (C=O) groups excluding carboxylic acids is 1. The van der Waals surface area contributed by atoms with E-state index in [1.807, 2.05) is 6.92 Å². The lowest BCUT2D eigenvalue weighted by Crippen LogP contribution is -2.30. The summed E-state index contributed by atoms with van der Waals surface area (Å²) in [6, 6.07) is 0. The Bertz CT molecular complexity index is 207. The fourth-order valence-corrected chi connectivity index (χ4v) is 1.80. The van der Waals surface area contributed by atoms with Crippen LogP contribution in [0.25, 0.3) is 0 Å². The number of esters is 1. The zero-order chi connectivity index (χ0) is 13.3. The molecule has 1 atom stereocenters. The molecule has 17 heavy (non-hydrogen) atoms. The first-order valence-corrected chi connectivity index (χ1v) is 7.21. The first kappa shape index (κ1) is 16.5. The summed E-state index contributed by atoms with van der Waals surface area (Å²) in [7, 11) is 0. The van der Waals surface area contributed by atoms with E-state index >= 15 is 0 Å². The smallest absolute Gasteiger partial charge is 0.311 e. The summed E-state index contributed by atoms with van der Waals surface area (Å²) in [6.45, 7) is 11.1. The molecule has 0 heterocycles. The monoisotopic (exact) mass is 242 g/mol. The Labute approximate surface area is 107 Å². The number of hydrogen-bond acceptors (Lipinski definition) is 2. The van der Waals surface area contributed by atoms with Crippen molar-refractivity contribution in [3.8, 4) is 0 Å². The molecular formula is C15H30O2. The number of hydrogen-bond donors (Lipinski definition) is 0. The molecule has 1 unspecified atom stereocenters. The molecule has 0 aromatic rings. The van der Waals surface area contributed by atoms with Crippen molar-refractivity contribution in [3.63, 3.8) is 0 Å². The Balaban J connectivity index is 4.11. The Hall–Kier alpha value is -0.530. The molecule has 0 fully saturated rings. The number of carbonyl (C=O) groups is 1. The number of unbranched alkanes of at least 4 members (excludes halogenated alkanes) is 1. The van der Waals surface area contributed by atoms with Gasteiger partial charge in [0.1, 0.15) is 0 Å². The van der Waals surface area contributed by atoms with Crippen LogP contribution in [0.2, 0.25) is 0 Å². The molecular weight excluding hydrogens is 212 g/mol. The predicted octanol–water partition coefficient (Wildman–Crippen LogP) is 4.57. The predicted molar refractivity (Wildman–Crippen MR) is 73.0 cm³/mol. The molecule has 0 bridgehead atoms. The lowest BCUT2D eigenvalue weighted by molar-refractivity contribution is -0.157. The summed E-state index contributed by atoms with van der Waals surface area (Å²) in [5.41, 5.74) is -0.289. The van der Waals surface area contributed by atoms with Crippen molar-refractivity contribution in [1.82, 2.24) is 0 Å². The van der Waals surface area contributed by atoms with E-state index in [2.05, 4.69) is 27.7 Å². The van der Waals surface area contributed by atoms with Crippen molar-refractivity contribution in [3.05, 3.63) is 0 Å². The first-order valence-electron chi connectivity index (χ1n) is 7.21. The van der Waals surface area contributed by atoms with E-state index in [1.54, 1.807) is 0 Å². The highest BCUT2D eigenvalue weighted by molar-refractivity contribution is 5.76. The molecule has 0 aromatic heterocycles. The van der Waals surface area contributed by atoms with Crippen LogP contribution in [0.3, 0.4) is 0 Å². The molecule has 2 nitrogen and oxygen atoms in total. The van der Waals surface area contributed by atoms with E-state index in [1.165, 1.54) is 19.3 Å². The van der Waals surface area contributed by atoms with Gasteiger partial charge >= 0.3 is 5.97 Å². The van der Waals surface area contributed by atoms with Crippen molar-refractivity contribution in [1.29, 1.82) is 0 Å². The fraction of sp³-hybridized carbons (Fsp3) is 0.933. The summed E-state index contributed by atoms with van der Waals surface area (Å²) >= 11 is 0. The van der Waals surface area contributed by atoms with Crippen LogP contribution in [0.4, 0.5) is 0 Å². The maximum atomic E-state index is 12.0. The second-order valence-corrected chi connectivity index (χ2v) is 5.28. The minimum atomic E-state index is -0.289. The lowest BCUT2D eigenvalue weighted by atomic mass is 9.85. The minimum absolute atomic E-state index is 0.0163. The first-order chi connectivity index (χ1) is 8.03. The molecule has 0 saturated carbocycles. The van der Waals surface area contributed by atoms with E-state index in [4.69, 9.17) is 4.74 Å². The molecule has 0 rings (SSSR count). The van der Waals surface area contributed by atoms with E-state index < -0.39 is 0 Å². The molecule has 0 spiro atoms. The van der Waals surface area contributed by atoms with Crippen LogP contribution in [0.5, 0.6) is 0 Å². The minimum Gasteiger partial charge on any atom is -0.465 e. The van der Waals surface area contributed by atoms with Crippen LogP contribution in [-0.4, -0.2) is 12.6 Å². The normalized spacial score (nSPS) is 13.5. The second kappa shape index (κ2) is 8.54. The third-order valence-corrected chi connectivity index (χ3v) is 4.05. The van der Waals surface area contributed by atoms with E-state index in [9.17, 15) is 4.79 Å². The van der Waals surface area contributed by atoms with Gasteiger partial charge in [0.2, 0.25) is 0 Å². The maximum Gasteiger partial charge on any atom is 0.311 e. The molecule has 0 aliphatic carbocycles. The van der Waals surface area contributed by atoms with Crippen LogP contribution in [0.1, 0.15) is 73.1 Å². The van der Waals surface area contributed by atoms with Crippen LogP contribution >= 0.6 is 0 Å². The summed E-state index contributed by atoms with van der Waals surface area (Å²) in [5, 5.41) is 0. The highest BCUT2D eigenvalue weighted by Gasteiger charge is 2.31. The summed E-state index contributed by atoms with van der Waals surface area (Å²) in [6.07, 6.45) is 6.43. The average molecular weight is 242 g/mol. The highest BCUT2D eigenvalue weighted by atomic mass is 16.5. The van der Waals surface area contributed by atoms with Crippen LogP contribution < -0.4 is 0 Å².